The molecule has 0 aliphatic heterocycles. The molecule has 72 valence electrons. The summed E-state index contributed by atoms with van der Waals surface area (Å²) in [6.07, 6.45) is 0. The quantitative estimate of drug-likeness (QED) is 0.693. The van der Waals surface area contributed by atoms with E-state index in [1.165, 1.54) is 7.05 Å². The number of halogens is 2. The molecular weight excluding hydrogens is 180 g/mol. The fourth-order valence-corrected chi connectivity index (χ4v) is 0.970. The predicted octanol–water partition coefficient (Wildman–Crippen LogP) is 1.49. The van der Waals surface area contributed by atoms with Gasteiger partial charge in [-0.15, -0.1) is 0 Å². The summed E-state index contributed by atoms with van der Waals surface area (Å²) in [5.74, 6) is -2.23. The molecule has 0 heterocycles. The summed E-state index contributed by atoms with van der Waals surface area (Å²) >= 11 is 0. The third kappa shape index (κ3) is 2.37. The molecule has 0 fully saturated rings. The normalized spacial score (nSPS) is 10.8. The Kier molecular flexibility index (Phi) is 2.79. The molecular formula is C8H9F2NO2. The van der Waals surface area contributed by atoms with Gasteiger partial charge in [0.1, 0.15) is 17.4 Å². The van der Waals surface area contributed by atoms with Crippen molar-refractivity contribution >= 4 is 0 Å². The smallest absolute Gasteiger partial charge is 0.134 e. The molecule has 0 aromatic heterocycles. The number of aromatic hydroxyl groups is 1. The monoisotopic (exact) mass is 189 g/mol. The second-order valence-electron chi connectivity index (χ2n) is 2.70. The van der Waals surface area contributed by atoms with Crippen LogP contribution in [0.5, 0.6) is 5.75 Å². The minimum Gasteiger partial charge on any atom is -0.508 e. The summed E-state index contributed by atoms with van der Waals surface area (Å²) in [5.41, 5.74) is -0.275. The first-order valence-electron chi connectivity index (χ1n) is 3.57. The van der Waals surface area contributed by atoms with Crippen molar-refractivity contribution in [2.24, 2.45) is 0 Å². The lowest BCUT2D eigenvalue weighted by atomic mass is 10.2. The zero-order valence-corrected chi connectivity index (χ0v) is 6.96. The van der Waals surface area contributed by atoms with E-state index in [9.17, 15) is 8.78 Å². The number of phenolic OH excluding ortho intramolecular Hbond substituents is 1. The lowest BCUT2D eigenvalue weighted by molar-refractivity contribution is -0.0746. The molecule has 5 heteroatoms. The minimum absolute atomic E-state index is 0.266. The molecule has 0 unspecified atom stereocenters. The van der Waals surface area contributed by atoms with Gasteiger partial charge < -0.3 is 10.3 Å². The van der Waals surface area contributed by atoms with Crippen molar-refractivity contribution in [3.63, 3.8) is 0 Å². The van der Waals surface area contributed by atoms with Gasteiger partial charge >= 0.3 is 0 Å². The summed E-state index contributed by atoms with van der Waals surface area (Å²) in [5, 5.41) is 18.2. The highest BCUT2D eigenvalue weighted by Gasteiger charge is 2.11. The van der Waals surface area contributed by atoms with Gasteiger partial charge in [0.05, 0.1) is 6.54 Å². The topological polar surface area (TPSA) is 43.7 Å². The molecule has 3 nitrogen and oxygen atoms in total. The molecule has 0 bridgehead atoms. The Morgan fingerprint density at radius 2 is 1.77 bits per heavy atom. The third-order valence-electron chi connectivity index (χ3n) is 1.51. The van der Waals surface area contributed by atoms with Crippen molar-refractivity contribution in [1.82, 2.24) is 5.06 Å². The number of hydroxylamine groups is 2. The van der Waals surface area contributed by atoms with Crippen LogP contribution >= 0.6 is 0 Å². The number of nitrogens with zero attached hydrogens (tertiary/aromatic N) is 1. The van der Waals surface area contributed by atoms with Gasteiger partial charge in [-0.3, -0.25) is 0 Å². The van der Waals surface area contributed by atoms with Crippen LogP contribution in [0.3, 0.4) is 0 Å². The summed E-state index contributed by atoms with van der Waals surface area (Å²) < 4.78 is 25.9. The molecule has 0 amide bonds. The molecule has 1 aromatic rings. The fraction of sp³-hybridized carbons (Fsp3) is 0.250. The first-order valence-corrected chi connectivity index (χ1v) is 3.57. The van der Waals surface area contributed by atoms with Crippen LogP contribution in [0.2, 0.25) is 0 Å². The van der Waals surface area contributed by atoms with Crippen molar-refractivity contribution in [2.45, 2.75) is 6.54 Å². The van der Waals surface area contributed by atoms with Crippen LogP contribution in [0.25, 0.3) is 0 Å². The van der Waals surface area contributed by atoms with Crippen LogP contribution in [-0.4, -0.2) is 22.4 Å². The highest BCUT2D eigenvalue weighted by molar-refractivity contribution is 5.29. The Bertz CT molecular complexity index is 292. The van der Waals surface area contributed by atoms with E-state index in [0.29, 0.717) is 5.06 Å². The van der Waals surface area contributed by atoms with Crippen LogP contribution < -0.4 is 0 Å². The van der Waals surface area contributed by atoms with Crippen molar-refractivity contribution in [3.05, 3.63) is 29.3 Å². The maximum Gasteiger partial charge on any atom is 0.134 e. The van der Waals surface area contributed by atoms with Gasteiger partial charge in [-0.1, -0.05) is 0 Å². The summed E-state index contributed by atoms with van der Waals surface area (Å²) in [4.78, 5) is 0. The average molecular weight is 189 g/mol. The van der Waals surface area contributed by atoms with Crippen molar-refractivity contribution in [3.8, 4) is 5.75 Å². The highest BCUT2D eigenvalue weighted by Crippen LogP contribution is 2.20. The molecule has 0 saturated heterocycles. The number of rotatable bonds is 2. The lowest BCUT2D eigenvalue weighted by Gasteiger charge is -2.09. The number of phenols is 1. The van der Waals surface area contributed by atoms with Crippen molar-refractivity contribution in [1.29, 1.82) is 0 Å². The molecule has 2 N–H and O–H groups in total. The Balaban J connectivity index is 3.06. The molecule has 0 radical (unpaired) electrons. The third-order valence-corrected chi connectivity index (χ3v) is 1.51. The van der Waals surface area contributed by atoms with E-state index in [-0.39, 0.29) is 12.1 Å². The average Bonchev–Trinajstić information content (AvgIpc) is 1.96. The molecule has 0 spiro atoms. The van der Waals surface area contributed by atoms with E-state index < -0.39 is 17.4 Å². The second-order valence-corrected chi connectivity index (χ2v) is 2.70. The zero-order valence-electron chi connectivity index (χ0n) is 6.96. The molecule has 0 aliphatic carbocycles. The Hall–Kier alpha value is -1.20. The summed E-state index contributed by atoms with van der Waals surface area (Å²) in [6, 6.07) is 1.59. The van der Waals surface area contributed by atoms with Gasteiger partial charge in [0.15, 0.2) is 0 Å². The van der Waals surface area contributed by atoms with E-state index in [1.807, 2.05) is 0 Å². The Morgan fingerprint density at radius 3 is 2.15 bits per heavy atom. The maximum absolute atomic E-state index is 12.9. The van der Waals surface area contributed by atoms with Crippen LogP contribution in [-0.2, 0) is 6.54 Å². The lowest BCUT2D eigenvalue weighted by Crippen LogP contribution is -2.14. The molecule has 0 saturated carbocycles. The first-order chi connectivity index (χ1) is 6.00. The minimum atomic E-state index is -0.876. The van der Waals surface area contributed by atoms with Crippen molar-refractivity contribution < 1.29 is 19.1 Å². The van der Waals surface area contributed by atoms with E-state index in [0.717, 1.165) is 12.1 Å². The summed E-state index contributed by atoms with van der Waals surface area (Å²) in [7, 11) is 1.27. The Labute approximate surface area is 73.8 Å². The van der Waals surface area contributed by atoms with Gasteiger partial charge in [-0.2, -0.15) is 5.06 Å². The van der Waals surface area contributed by atoms with Gasteiger partial charge in [0.25, 0.3) is 0 Å². The first kappa shape index (κ1) is 9.88. The fourth-order valence-electron chi connectivity index (χ4n) is 0.970. The number of hydrogen-bond acceptors (Lipinski definition) is 3. The SMILES string of the molecule is CN(O)Cc1c(F)cc(O)cc1F. The van der Waals surface area contributed by atoms with E-state index in [1.54, 1.807) is 0 Å². The van der Waals surface area contributed by atoms with Crippen LogP contribution in [0, 0.1) is 11.6 Å². The van der Waals surface area contributed by atoms with E-state index >= 15 is 0 Å². The van der Waals surface area contributed by atoms with E-state index in [2.05, 4.69) is 0 Å². The predicted molar refractivity (Wildman–Crippen MR) is 41.3 cm³/mol. The Morgan fingerprint density at radius 1 is 1.31 bits per heavy atom. The van der Waals surface area contributed by atoms with Crippen LogP contribution in [0.15, 0.2) is 12.1 Å². The molecule has 0 atom stereocenters. The van der Waals surface area contributed by atoms with Gasteiger partial charge in [-0.05, 0) is 0 Å². The van der Waals surface area contributed by atoms with Gasteiger partial charge in [-0.25, -0.2) is 8.78 Å². The molecule has 0 aliphatic rings. The van der Waals surface area contributed by atoms with Gasteiger partial charge in [0, 0.05) is 24.7 Å². The molecule has 1 aromatic carbocycles. The molecule has 1 rings (SSSR count). The maximum atomic E-state index is 12.9. The second kappa shape index (κ2) is 3.68. The number of benzene rings is 1. The number of hydrogen-bond donors (Lipinski definition) is 2. The molecule has 13 heavy (non-hydrogen) atoms. The largest absolute Gasteiger partial charge is 0.508 e. The van der Waals surface area contributed by atoms with Crippen molar-refractivity contribution in [2.75, 3.05) is 7.05 Å². The summed E-state index contributed by atoms with van der Waals surface area (Å²) in [6.45, 7) is -0.266. The zero-order chi connectivity index (χ0) is 10.0. The van der Waals surface area contributed by atoms with Crippen LogP contribution in [0.4, 0.5) is 8.78 Å². The van der Waals surface area contributed by atoms with E-state index in [4.69, 9.17) is 10.3 Å². The standard InChI is InChI=1S/C8H9F2NO2/c1-11(13)4-6-7(9)2-5(12)3-8(6)10/h2-3,12-13H,4H2,1H3. The van der Waals surface area contributed by atoms with Gasteiger partial charge in [0.2, 0.25) is 0 Å². The van der Waals surface area contributed by atoms with Crippen LogP contribution in [0.1, 0.15) is 5.56 Å². The highest BCUT2D eigenvalue weighted by atomic mass is 19.1.